The molecule has 0 amide bonds. The number of halogens is 2. The van der Waals surface area contributed by atoms with Gasteiger partial charge in [-0.25, -0.2) is 0 Å². The fourth-order valence-corrected chi connectivity index (χ4v) is 5.30. The normalized spacial score (nSPS) is 25.3. The number of rotatable bonds is 5. The van der Waals surface area contributed by atoms with E-state index in [0.717, 1.165) is 55.2 Å². The Balaban J connectivity index is 1.17. The van der Waals surface area contributed by atoms with Crippen molar-refractivity contribution in [3.05, 3.63) is 57.1 Å². The van der Waals surface area contributed by atoms with E-state index in [2.05, 4.69) is 16.1 Å². The highest BCUT2D eigenvalue weighted by Crippen LogP contribution is 2.46. The van der Waals surface area contributed by atoms with Crippen molar-refractivity contribution in [3.63, 3.8) is 0 Å². The lowest BCUT2D eigenvalue weighted by atomic mass is 9.84. The Kier molecular flexibility index (Phi) is 5.61. The van der Waals surface area contributed by atoms with Crippen molar-refractivity contribution in [1.29, 1.82) is 0 Å². The third-order valence-electron chi connectivity index (χ3n) is 6.90. The molecule has 1 unspecified atom stereocenters. The maximum absolute atomic E-state index is 11.1. The molecule has 4 aliphatic rings. The SMILES string of the molecule is O=C(O)C1C=CC(C2=NOC3(CCN(Cc4cc(Cl)c(Cl)c(C5CC5)c4)CC3)C2)=CC1. The maximum Gasteiger partial charge on any atom is 0.310 e. The topological polar surface area (TPSA) is 62.1 Å². The van der Waals surface area contributed by atoms with Crippen LogP contribution >= 0.6 is 23.2 Å². The van der Waals surface area contributed by atoms with Gasteiger partial charge in [-0.2, -0.15) is 0 Å². The maximum atomic E-state index is 11.1. The molecule has 31 heavy (non-hydrogen) atoms. The molecule has 1 saturated heterocycles. The van der Waals surface area contributed by atoms with Gasteiger partial charge < -0.3 is 9.94 Å². The molecule has 2 heterocycles. The molecule has 5 nitrogen and oxygen atoms in total. The number of carboxylic acid groups (broad SMARTS) is 1. The van der Waals surface area contributed by atoms with Crippen LogP contribution in [0.2, 0.25) is 10.0 Å². The van der Waals surface area contributed by atoms with E-state index < -0.39 is 11.9 Å². The number of piperidine rings is 1. The monoisotopic (exact) mass is 460 g/mol. The van der Waals surface area contributed by atoms with E-state index in [4.69, 9.17) is 33.1 Å². The van der Waals surface area contributed by atoms with Crippen LogP contribution in [0, 0.1) is 5.92 Å². The van der Waals surface area contributed by atoms with Crippen LogP contribution in [0.25, 0.3) is 0 Å². The summed E-state index contributed by atoms with van der Waals surface area (Å²) in [4.78, 5) is 19.5. The van der Waals surface area contributed by atoms with Gasteiger partial charge in [0.25, 0.3) is 0 Å². The molecule has 1 atom stereocenters. The third-order valence-corrected chi connectivity index (χ3v) is 7.71. The lowest BCUT2D eigenvalue weighted by molar-refractivity contribution is -0.139. The van der Waals surface area contributed by atoms with Crippen molar-refractivity contribution in [2.75, 3.05) is 13.1 Å². The van der Waals surface area contributed by atoms with E-state index in [1.54, 1.807) is 6.08 Å². The summed E-state index contributed by atoms with van der Waals surface area (Å²) in [5.41, 5.74) is 4.13. The average molecular weight is 461 g/mol. The van der Waals surface area contributed by atoms with Crippen LogP contribution in [0.3, 0.4) is 0 Å². The van der Waals surface area contributed by atoms with Crippen LogP contribution < -0.4 is 0 Å². The summed E-state index contributed by atoms with van der Waals surface area (Å²) in [6, 6.07) is 4.23. The Morgan fingerprint density at radius 2 is 2.03 bits per heavy atom. The van der Waals surface area contributed by atoms with Crippen molar-refractivity contribution in [2.24, 2.45) is 11.1 Å². The fraction of sp³-hybridized carbons (Fsp3) is 0.500. The number of oxime groups is 1. The minimum absolute atomic E-state index is 0.235. The number of hydrogen-bond donors (Lipinski definition) is 1. The smallest absolute Gasteiger partial charge is 0.310 e. The molecular formula is C24H26Cl2N2O3. The van der Waals surface area contributed by atoms with Gasteiger partial charge in [0.1, 0.15) is 5.60 Å². The van der Waals surface area contributed by atoms with Gasteiger partial charge in [-0.05, 0) is 47.9 Å². The highest BCUT2D eigenvalue weighted by Gasteiger charge is 2.42. The quantitative estimate of drug-likeness (QED) is 0.623. The zero-order valence-electron chi connectivity index (χ0n) is 17.3. The van der Waals surface area contributed by atoms with Crippen molar-refractivity contribution >= 4 is 34.9 Å². The second-order valence-corrected chi connectivity index (χ2v) is 10.0. The van der Waals surface area contributed by atoms with E-state index >= 15 is 0 Å². The van der Waals surface area contributed by atoms with E-state index in [1.165, 1.54) is 24.0 Å². The van der Waals surface area contributed by atoms with Crippen molar-refractivity contribution in [2.45, 2.75) is 56.6 Å². The van der Waals surface area contributed by atoms with E-state index in [1.807, 2.05) is 18.2 Å². The first kappa shape index (κ1) is 21.0. The first-order valence-electron chi connectivity index (χ1n) is 11.0. The highest BCUT2D eigenvalue weighted by atomic mass is 35.5. The van der Waals surface area contributed by atoms with E-state index in [-0.39, 0.29) is 5.60 Å². The van der Waals surface area contributed by atoms with Gasteiger partial charge in [-0.3, -0.25) is 9.69 Å². The van der Waals surface area contributed by atoms with Crippen LogP contribution in [0.4, 0.5) is 0 Å². The van der Waals surface area contributed by atoms with Gasteiger partial charge in [-0.1, -0.05) is 52.7 Å². The Labute approximate surface area is 192 Å². The lowest BCUT2D eigenvalue weighted by Gasteiger charge is -2.37. The van der Waals surface area contributed by atoms with Crippen molar-refractivity contribution in [1.82, 2.24) is 4.90 Å². The second kappa shape index (κ2) is 8.27. The number of likely N-dealkylation sites (tertiary alicyclic amines) is 1. The minimum atomic E-state index is -0.786. The van der Waals surface area contributed by atoms with Crippen LogP contribution in [0.15, 0.2) is 41.1 Å². The van der Waals surface area contributed by atoms with Gasteiger partial charge in [0, 0.05) is 38.9 Å². The molecule has 164 valence electrons. The Morgan fingerprint density at radius 3 is 2.68 bits per heavy atom. The zero-order chi connectivity index (χ0) is 21.6. The second-order valence-electron chi connectivity index (χ2n) is 9.22. The van der Waals surface area contributed by atoms with Gasteiger partial charge in [0.15, 0.2) is 0 Å². The summed E-state index contributed by atoms with van der Waals surface area (Å²) in [7, 11) is 0. The number of aliphatic carboxylic acids is 1. The minimum Gasteiger partial charge on any atom is -0.481 e. The predicted molar refractivity (Wildman–Crippen MR) is 122 cm³/mol. The van der Waals surface area contributed by atoms with E-state index in [0.29, 0.717) is 17.4 Å². The number of hydrogen-bond acceptors (Lipinski definition) is 4. The largest absolute Gasteiger partial charge is 0.481 e. The first-order valence-corrected chi connectivity index (χ1v) is 11.7. The van der Waals surface area contributed by atoms with Gasteiger partial charge in [0.2, 0.25) is 0 Å². The molecule has 2 fully saturated rings. The van der Waals surface area contributed by atoms with Crippen LogP contribution in [0.5, 0.6) is 0 Å². The molecule has 1 aromatic rings. The Bertz CT molecular complexity index is 989. The number of nitrogens with zero attached hydrogens (tertiary/aromatic N) is 2. The number of benzene rings is 1. The third kappa shape index (κ3) is 4.41. The Morgan fingerprint density at radius 1 is 1.26 bits per heavy atom. The van der Waals surface area contributed by atoms with Crippen LogP contribution in [0.1, 0.15) is 55.6 Å². The lowest BCUT2D eigenvalue weighted by Crippen LogP contribution is -2.44. The summed E-state index contributed by atoms with van der Waals surface area (Å²) in [6.45, 7) is 2.75. The predicted octanol–water partition coefficient (Wildman–Crippen LogP) is 5.57. The molecule has 1 saturated carbocycles. The first-order chi connectivity index (χ1) is 14.9. The van der Waals surface area contributed by atoms with E-state index in [9.17, 15) is 4.79 Å². The number of allylic oxidation sites excluding steroid dienone is 3. The molecule has 5 rings (SSSR count). The molecule has 1 N–H and O–H groups in total. The van der Waals surface area contributed by atoms with Gasteiger partial charge >= 0.3 is 5.97 Å². The zero-order valence-corrected chi connectivity index (χ0v) is 18.8. The van der Waals surface area contributed by atoms with Crippen LogP contribution in [-0.4, -0.2) is 40.4 Å². The number of carboxylic acids is 1. The summed E-state index contributed by atoms with van der Waals surface area (Å²) in [6.07, 6.45) is 11.1. The molecule has 0 bridgehead atoms. The summed E-state index contributed by atoms with van der Waals surface area (Å²) >= 11 is 12.8. The molecule has 2 aliphatic heterocycles. The van der Waals surface area contributed by atoms with Gasteiger partial charge in [-0.15, -0.1) is 0 Å². The molecule has 7 heteroatoms. The van der Waals surface area contributed by atoms with Gasteiger partial charge in [0.05, 0.1) is 21.7 Å². The average Bonchev–Trinajstić information content (AvgIpc) is 3.53. The molecule has 1 aromatic carbocycles. The highest BCUT2D eigenvalue weighted by molar-refractivity contribution is 6.42. The fourth-order valence-electron chi connectivity index (χ4n) is 4.79. The molecule has 1 spiro atoms. The van der Waals surface area contributed by atoms with Crippen molar-refractivity contribution < 1.29 is 14.7 Å². The molecule has 0 aromatic heterocycles. The molecule has 0 radical (unpaired) electrons. The summed E-state index contributed by atoms with van der Waals surface area (Å²) in [5, 5.41) is 14.9. The molecular weight excluding hydrogens is 435 g/mol. The standard InChI is InChI=1S/C24H26Cl2N2O3/c25-20-12-15(11-19(22(20)26)16-1-2-16)14-28-9-7-24(8-10-28)13-21(27-31-24)17-3-5-18(6-4-17)23(29)30/h3-5,11-12,16,18H,1-2,6-10,13-14H2,(H,29,30). The van der Waals surface area contributed by atoms with Crippen molar-refractivity contribution in [3.8, 4) is 0 Å². The Hall–Kier alpha value is -1.82. The molecule has 2 aliphatic carbocycles. The summed E-state index contributed by atoms with van der Waals surface area (Å²) in [5.74, 6) is -0.650. The number of carbonyl (C=O) groups is 1. The summed E-state index contributed by atoms with van der Waals surface area (Å²) < 4.78 is 0. The van der Waals surface area contributed by atoms with Crippen LogP contribution in [-0.2, 0) is 16.2 Å².